The number of carbonyl (C=O) groups is 3. The molecule has 2 aliphatic heterocycles. The highest BCUT2D eigenvalue weighted by Gasteiger charge is 2.58. The topological polar surface area (TPSA) is 72.9 Å². The third kappa shape index (κ3) is 2.31. The van der Waals surface area contributed by atoms with Gasteiger partial charge in [-0.1, -0.05) is 0 Å². The Morgan fingerprint density at radius 3 is 2.42 bits per heavy atom. The van der Waals surface area contributed by atoms with Crippen LogP contribution in [-0.2, 0) is 19.1 Å². The molecular formula is C13H19NO5. The number of rotatable bonds is 1. The van der Waals surface area contributed by atoms with Crippen LogP contribution in [-0.4, -0.2) is 47.5 Å². The van der Waals surface area contributed by atoms with Crippen LogP contribution in [0.4, 0.5) is 4.79 Å². The molecule has 2 bridgehead atoms. The van der Waals surface area contributed by atoms with E-state index in [1.807, 2.05) is 0 Å². The molecule has 2 saturated heterocycles. The minimum Gasteiger partial charge on any atom is -0.468 e. The molecule has 2 rings (SSSR count). The molecule has 0 spiro atoms. The molecule has 2 heterocycles. The SMILES string of the molecule is COC(=O)[C@H]1C(=O)[C@H]2CC[C@@H]1N2C(=O)OC(C)(C)C. The van der Waals surface area contributed by atoms with Crippen molar-refractivity contribution >= 4 is 17.8 Å². The smallest absolute Gasteiger partial charge is 0.411 e. The van der Waals surface area contributed by atoms with E-state index in [0.29, 0.717) is 12.8 Å². The molecule has 2 fully saturated rings. The second kappa shape index (κ2) is 4.51. The molecule has 0 unspecified atom stereocenters. The molecule has 2 aliphatic rings. The third-order valence-electron chi connectivity index (χ3n) is 3.51. The van der Waals surface area contributed by atoms with E-state index in [-0.39, 0.29) is 5.78 Å². The first-order valence-electron chi connectivity index (χ1n) is 6.39. The van der Waals surface area contributed by atoms with Crippen LogP contribution >= 0.6 is 0 Å². The molecule has 0 radical (unpaired) electrons. The van der Waals surface area contributed by atoms with Crippen LogP contribution in [0.5, 0.6) is 0 Å². The standard InChI is InChI=1S/C13H19NO5/c1-13(2,3)19-12(17)14-7-5-6-8(14)10(15)9(7)11(16)18-4/h7-9H,5-6H2,1-4H3/t7-,8+,9+/m0/s1. The average molecular weight is 269 g/mol. The van der Waals surface area contributed by atoms with Crippen molar-refractivity contribution < 1.29 is 23.9 Å². The van der Waals surface area contributed by atoms with Gasteiger partial charge in [0.1, 0.15) is 11.5 Å². The Morgan fingerprint density at radius 1 is 1.26 bits per heavy atom. The Labute approximate surface area is 112 Å². The van der Waals surface area contributed by atoms with E-state index in [2.05, 4.69) is 4.74 Å². The number of esters is 1. The summed E-state index contributed by atoms with van der Waals surface area (Å²) in [6, 6.07) is -0.955. The van der Waals surface area contributed by atoms with E-state index in [1.165, 1.54) is 12.0 Å². The van der Waals surface area contributed by atoms with Gasteiger partial charge in [-0.05, 0) is 33.6 Å². The summed E-state index contributed by atoms with van der Waals surface area (Å²) in [6.45, 7) is 5.30. The number of hydrogen-bond acceptors (Lipinski definition) is 5. The van der Waals surface area contributed by atoms with Crippen LogP contribution in [0.3, 0.4) is 0 Å². The Kier molecular flexibility index (Phi) is 3.28. The van der Waals surface area contributed by atoms with E-state index in [9.17, 15) is 14.4 Å². The number of fused-ring (bicyclic) bond motifs is 2. The fourth-order valence-electron chi connectivity index (χ4n) is 2.82. The molecule has 6 nitrogen and oxygen atoms in total. The van der Waals surface area contributed by atoms with Crippen LogP contribution in [0, 0.1) is 5.92 Å². The lowest BCUT2D eigenvalue weighted by atomic mass is 9.88. The maximum Gasteiger partial charge on any atom is 0.411 e. The van der Waals surface area contributed by atoms with Crippen molar-refractivity contribution in [1.29, 1.82) is 0 Å². The highest BCUT2D eigenvalue weighted by atomic mass is 16.6. The minimum atomic E-state index is -0.851. The van der Waals surface area contributed by atoms with Gasteiger partial charge >= 0.3 is 12.1 Å². The van der Waals surface area contributed by atoms with Gasteiger partial charge in [0.2, 0.25) is 0 Å². The van der Waals surface area contributed by atoms with Gasteiger partial charge in [-0.2, -0.15) is 0 Å². The van der Waals surface area contributed by atoms with Gasteiger partial charge in [0, 0.05) is 0 Å². The predicted octanol–water partition coefficient (Wildman–Crippen LogP) is 1.13. The van der Waals surface area contributed by atoms with E-state index in [4.69, 9.17) is 4.74 Å². The van der Waals surface area contributed by atoms with E-state index in [0.717, 1.165) is 0 Å². The molecule has 0 saturated carbocycles. The Morgan fingerprint density at radius 2 is 1.89 bits per heavy atom. The number of ether oxygens (including phenoxy) is 2. The van der Waals surface area contributed by atoms with Gasteiger partial charge in [-0.15, -0.1) is 0 Å². The lowest BCUT2D eigenvalue weighted by Crippen LogP contribution is -2.41. The summed E-state index contributed by atoms with van der Waals surface area (Å²) in [7, 11) is 1.25. The molecule has 19 heavy (non-hydrogen) atoms. The maximum absolute atomic E-state index is 12.1. The largest absolute Gasteiger partial charge is 0.468 e. The Balaban J connectivity index is 2.19. The van der Waals surface area contributed by atoms with Crippen molar-refractivity contribution in [3.8, 4) is 0 Å². The zero-order valence-electron chi connectivity index (χ0n) is 11.6. The summed E-state index contributed by atoms with van der Waals surface area (Å²) >= 11 is 0. The zero-order chi connectivity index (χ0) is 14.4. The normalized spacial score (nSPS) is 29.6. The van der Waals surface area contributed by atoms with Crippen molar-refractivity contribution in [2.24, 2.45) is 5.92 Å². The maximum atomic E-state index is 12.1. The number of nitrogens with zero attached hydrogens (tertiary/aromatic N) is 1. The van der Waals surface area contributed by atoms with Gasteiger partial charge in [-0.3, -0.25) is 14.5 Å². The summed E-state index contributed by atoms with van der Waals surface area (Å²) in [5, 5.41) is 0. The summed E-state index contributed by atoms with van der Waals surface area (Å²) in [5.74, 6) is -1.64. The van der Waals surface area contributed by atoms with Gasteiger partial charge in [0.25, 0.3) is 0 Å². The summed E-state index contributed by atoms with van der Waals surface area (Å²) < 4.78 is 9.94. The van der Waals surface area contributed by atoms with Gasteiger partial charge in [0.05, 0.1) is 19.2 Å². The zero-order valence-corrected chi connectivity index (χ0v) is 11.6. The number of amides is 1. The fourth-order valence-corrected chi connectivity index (χ4v) is 2.82. The summed E-state index contributed by atoms with van der Waals surface area (Å²) in [5.41, 5.74) is -0.622. The molecule has 106 valence electrons. The number of methoxy groups -OCH3 is 1. The highest BCUT2D eigenvalue weighted by Crippen LogP contribution is 2.40. The van der Waals surface area contributed by atoms with Gasteiger partial charge in [-0.25, -0.2) is 4.79 Å². The molecule has 1 amide bonds. The number of ketones is 1. The van der Waals surface area contributed by atoms with Crippen molar-refractivity contribution in [3.63, 3.8) is 0 Å². The molecule has 0 aliphatic carbocycles. The molecule has 6 heteroatoms. The van der Waals surface area contributed by atoms with Crippen LogP contribution in [0.15, 0.2) is 0 Å². The van der Waals surface area contributed by atoms with Crippen molar-refractivity contribution in [1.82, 2.24) is 4.90 Å². The first-order valence-corrected chi connectivity index (χ1v) is 6.39. The number of hydrogen-bond donors (Lipinski definition) is 0. The molecule has 3 atom stereocenters. The highest BCUT2D eigenvalue weighted by molar-refractivity contribution is 6.07. The molecule has 0 aromatic carbocycles. The predicted molar refractivity (Wildman–Crippen MR) is 65.4 cm³/mol. The minimum absolute atomic E-state index is 0.228. The van der Waals surface area contributed by atoms with Crippen molar-refractivity contribution in [3.05, 3.63) is 0 Å². The van der Waals surface area contributed by atoms with Crippen LogP contribution < -0.4 is 0 Å². The van der Waals surface area contributed by atoms with E-state index < -0.39 is 35.7 Å². The summed E-state index contributed by atoms with van der Waals surface area (Å²) in [6.07, 6.45) is 0.700. The summed E-state index contributed by atoms with van der Waals surface area (Å²) in [4.78, 5) is 37.3. The van der Waals surface area contributed by atoms with Crippen LogP contribution in [0.2, 0.25) is 0 Å². The molecular weight excluding hydrogens is 250 g/mol. The second-order valence-electron chi connectivity index (χ2n) is 5.95. The lowest BCUT2D eigenvalue weighted by Gasteiger charge is -2.27. The van der Waals surface area contributed by atoms with Crippen LogP contribution in [0.25, 0.3) is 0 Å². The van der Waals surface area contributed by atoms with E-state index in [1.54, 1.807) is 20.8 Å². The van der Waals surface area contributed by atoms with E-state index >= 15 is 0 Å². The quantitative estimate of drug-likeness (QED) is 0.527. The molecule has 0 aromatic heterocycles. The number of carbonyl (C=O) groups excluding carboxylic acids is 3. The molecule has 0 N–H and O–H groups in total. The first kappa shape index (κ1) is 13.8. The fraction of sp³-hybridized carbons (Fsp3) is 0.769. The monoisotopic (exact) mass is 269 g/mol. The van der Waals surface area contributed by atoms with Crippen molar-refractivity contribution in [2.75, 3.05) is 7.11 Å². The third-order valence-corrected chi connectivity index (χ3v) is 3.51. The van der Waals surface area contributed by atoms with Gasteiger partial charge < -0.3 is 9.47 Å². The Hall–Kier alpha value is -1.59. The second-order valence-corrected chi connectivity index (χ2v) is 5.95. The Bertz CT molecular complexity index is 425. The average Bonchev–Trinajstić information content (AvgIpc) is 2.81. The lowest BCUT2D eigenvalue weighted by molar-refractivity contribution is -0.149. The molecule has 0 aromatic rings. The van der Waals surface area contributed by atoms with Crippen LogP contribution in [0.1, 0.15) is 33.6 Å². The number of Topliss-reactive ketones (excluding diaryl/α,β-unsaturated/α-hetero) is 1. The van der Waals surface area contributed by atoms with Crippen molar-refractivity contribution in [2.45, 2.75) is 51.3 Å². The first-order chi connectivity index (χ1) is 8.76. The van der Waals surface area contributed by atoms with Gasteiger partial charge in [0.15, 0.2) is 5.78 Å².